The number of oxime groups is 2. The zero-order valence-corrected chi connectivity index (χ0v) is 23.5. The van der Waals surface area contributed by atoms with Crippen LogP contribution in [0.4, 0.5) is 13.2 Å². The quantitative estimate of drug-likeness (QED) is 0.166. The molecular formula is C30H31F3N4O5. The van der Waals surface area contributed by atoms with Crippen LogP contribution in [0.25, 0.3) is 5.76 Å². The highest BCUT2D eigenvalue weighted by Crippen LogP contribution is 2.30. The molecule has 0 atom stereocenters. The molecule has 12 heteroatoms. The van der Waals surface area contributed by atoms with Gasteiger partial charge in [0.25, 0.3) is 5.91 Å². The highest BCUT2D eigenvalue weighted by atomic mass is 19.4. The summed E-state index contributed by atoms with van der Waals surface area (Å²) in [5.74, 6) is 5.96. The minimum Gasteiger partial charge on any atom is -0.489 e. The number of hydrogen-bond donors (Lipinski definition) is 2. The first-order valence-corrected chi connectivity index (χ1v) is 12.7. The van der Waals surface area contributed by atoms with Crippen molar-refractivity contribution in [2.45, 2.75) is 26.6 Å². The number of hydrogen-bond acceptors (Lipinski definition) is 8. The van der Waals surface area contributed by atoms with Crippen LogP contribution in [0.1, 0.15) is 41.7 Å². The van der Waals surface area contributed by atoms with E-state index in [0.29, 0.717) is 45.9 Å². The molecule has 3 N–H and O–H groups in total. The smallest absolute Gasteiger partial charge is 0.416 e. The molecule has 0 aliphatic carbocycles. The number of benzene rings is 3. The maximum atomic E-state index is 12.8. The van der Waals surface area contributed by atoms with Crippen molar-refractivity contribution in [2.75, 3.05) is 20.8 Å². The zero-order chi connectivity index (χ0) is 30.7. The Balaban J connectivity index is 1.94. The number of halogens is 3. The second-order valence-electron chi connectivity index (χ2n) is 8.68. The first-order valence-electron chi connectivity index (χ1n) is 12.7. The number of ether oxygens (including phenoxy) is 1. The fourth-order valence-electron chi connectivity index (χ4n) is 3.90. The molecule has 3 rings (SSSR count). The van der Waals surface area contributed by atoms with Gasteiger partial charge in [-0.1, -0.05) is 46.7 Å². The Labute approximate surface area is 241 Å². The van der Waals surface area contributed by atoms with E-state index in [1.54, 1.807) is 62.4 Å². The van der Waals surface area contributed by atoms with Gasteiger partial charge in [-0.3, -0.25) is 4.79 Å². The van der Waals surface area contributed by atoms with Gasteiger partial charge in [-0.25, -0.2) is 0 Å². The van der Waals surface area contributed by atoms with E-state index in [0.717, 1.165) is 12.1 Å². The lowest BCUT2D eigenvalue weighted by molar-refractivity contribution is -0.137. The molecule has 0 fully saturated rings. The van der Waals surface area contributed by atoms with Gasteiger partial charge in [0.15, 0.2) is 11.5 Å². The van der Waals surface area contributed by atoms with E-state index in [2.05, 4.69) is 15.6 Å². The Kier molecular flexibility index (Phi) is 11.1. The molecule has 0 spiro atoms. The number of amides is 1. The standard InChI is InChI=1S/C30H31F3N4O5/c1-5-41-37-26(19(2)28(42-34)25-9-7-6-8-24(25)27(36-39-4)29(38)35-3)21-12-16-23(17-13-21)40-18-20-10-14-22(15-11-20)30(31,32)33/h6-17H,5,18,34H2,1-4H3,(H,35,38). The molecule has 0 saturated heterocycles. The number of nitrogens with one attached hydrogen (secondary N) is 1. The molecule has 0 unspecified atom stereocenters. The largest absolute Gasteiger partial charge is 0.489 e. The van der Waals surface area contributed by atoms with Crippen molar-refractivity contribution in [3.05, 3.63) is 106 Å². The number of nitrogens with zero attached hydrogens (tertiary/aromatic N) is 2. The van der Waals surface area contributed by atoms with E-state index >= 15 is 0 Å². The van der Waals surface area contributed by atoms with Crippen LogP contribution in [0.5, 0.6) is 5.75 Å². The van der Waals surface area contributed by atoms with Gasteiger partial charge in [0.2, 0.25) is 0 Å². The molecule has 0 aliphatic rings. The third-order valence-corrected chi connectivity index (χ3v) is 5.96. The summed E-state index contributed by atoms with van der Waals surface area (Å²) in [5, 5.41) is 10.7. The maximum absolute atomic E-state index is 12.8. The van der Waals surface area contributed by atoms with E-state index in [1.807, 2.05) is 0 Å². The van der Waals surface area contributed by atoms with Crippen molar-refractivity contribution in [1.82, 2.24) is 5.32 Å². The third kappa shape index (κ3) is 7.88. The normalized spacial score (nSPS) is 12.8. The molecule has 0 heterocycles. The lowest BCUT2D eigenvalue weighted by Crippen LogP contribution is -2.29. The maximum Gasteiger partial charge on any atom is 0.416 e. The number of alkyl halides is 3. The molecule has 0 aromatic heterocycles. The zero-order valence-electron chi connectivity index (χ0n) is 23.5. The Bertz CT molecular complexity index is 1450. The molecule has 0 saturated carbocycles. The van der Waals surface area contributed by atoms with Gasteiger partial charge >= 0.3 is 6.18 Å². The van der Waals surface area contributed by atoms with Gasteiger partial charge in [-0.2, -0.15) is 19.1 Å². The van der Waals surface area contributed by atoms with E-state index in [-0.39, 0.29) is 18.1 Å². The SMILES string of the molecule is CCON=C(C(C)=C(ON)c1ccccc1C(=NOC)C(=O)NC)c1ccc(OCc2ccc(C(F)(F)F)cc2)cc1. The predicted molar refractivity (Wildman–Crippen MR) is 152 cm³/mol. The fourth-order valence-corrected chi connectivity index (χ4v) is 3.90. The van der Waals surface area contributed by atoms with Crippen LogP contribution in [0.3, 0.4) is 0 Å². The number of allylic oxidation sites excluding steroid dienone is 1. The first-order chi connectivity index (χ1) is 20.1. The van der Waals surface area contributed by atoms with Gasteiger partial charge in [-0.05, 0) is 55.8 Å². The summed E-state index contributed by atoms with van der Waals surface area (Å²) >= 11 is 0. The topological polar surface area (TPSA) is 117 Å². The van der Waals surface area contributed by atoms with Crippen LogP contribution in [0.2, 0.25) is 0 Å². The van der Waals surface area contributed by atoms with Crippen molar-refractivity contribution in [2.24, 2.45) is 16.2 Å². The minimum atomic E-state index is -4.40. The lowest BCUT2D eigenvalue weighted by Gasteiger charge is -2.16. The van der Waals surface area contributed by atoms with Gasteiger partial charge in [0.05, 0.1) is 5.56 Å². The average Bonchev–Trinajstić information content (AvgIpc) is 2.99. The van der Waals surface area contributed by atoms with E-state index in [4.69, 9.17) is 25.1 Å². The second kappa shape index (κ2) is 14.7. The first kappa shape index (κ1) is 31.7. The number of nitrogens with two attached hydrogens (primary N) is 1. The summed E-state index contributed by atoms with van der Waals surface area (Å²) in [6.45, 7) is 3.89. The molecular weight excluding hydrogens is 553 g/mol. The molecule has 0 bridgehead atoms. The van der Waals surface area contributed by atoms with Crippen molar-refractivity contribution >= 4 is 23.1 Å². The number of carbonyl (C=O) groups excluding carboxylic acids is 1. The lowest BCUT2D eigenvalue weighted by atomic mass is 9.95. The Morgan fingerprint density at radius 3 is 2.12 bits per heavy atom. The van der Waals surface area contributed by atoms with Crippen LogP contribution in [-0.4, -0.2) is 38.1 Å². The summed E-state index contributed by atoms with van der Waals surface area (Å²) in [7, 11) is 2.80. The fraction of sp³-hybridized carbons (Fsp3) is 0.233. The predicted octanol–water partition coefficient (Wildman–Crippen LogP) is 5.44. The van der Waals surface area contributed by atoms with Gasteiger partial charge in [0.1, 0.15) is 31.8 Å². The summed E-state index contributed by atoms with van der Waals surface area (Å²) < 4.78 is 44.2. The Morgan fingerprint density at radius 2 is 1.57 bits per heavy atom. The van der Waals surface area contributed by atoms with Gasteiger partial charge in [0, 0.05) is 29.3 Å². The molecule has 3 aromatic carbocycles. The summed E-state index contributed by atoms with van der Waals surface area (Å²) in [6.07, 6.45) is -4.40. The molecule has 222 valence electrons. The molecule has 0 radical (unpaired) electrons. The Morgan fingerprint density at radius 1 is 0.929 bits per heavy atom. The average molecular weight is 585 g/mol. The summed E-state index contributed by atoms with van der Waals surface area (Å²) in [6, 6.07) is 18.5. The van der Waals surface area contributed by atoms with Gasteiger partial charge < -0.3 is 24.6 Å². The van der Waals surface area contributed by atoms with E-state index < -0.39 is 17.6 Å². The number of rotatable bonds is 12. The van der Waals surface area contributed by atoms with Crippen LogP contribution in [0, 0.1) is 0 Å². The van der Waals surface area contributed by atoms with Crippen molar-refractivity contribution in [3.8, 4) is 5.75 Å². The van der Waals surface area contributed by atoms with Gasteiger partial charge in [-0.15, -0.1) is 0 Å². The molecule has 9 nitrogen and oxygen atoms in total. The highest BCUT2D eigenvalue weighted by Gasteiger charge is 2.30. The molecule has 3 aromatic rings. The highest BCUT2D eigenvalue weighted by molar-refractivity contribution is 6.45. The van der Waals surface area contributed by atoms with E-state index in [9.17, 15) is 18.0 Å². The second-order valence-corrected chi connectivity index (χ2v) is 8.68. The summed E-state index contributed by atoms with van der Waals surface area (Å²) in [4.78, 5) is 28.2. The molecule has 42 heavy (non-hydrogen) atoms. The minimum absolute atomic E-state index is 0.01000. The summed E-state index contributed by atoms with van der Waals surface area (Å²) in [5.41, 5.74) is 2.25. The third-order valence-electron chi connectivity index (χ3n) is 5.96. The van der Waals surface area contributed by atoms with Crippen molar-refractivity contribution in [3.63, 3.8) is 0 Å². The van der Waals surface area contributed by atoms with Crippen LogP contribution in [0.15, 0.2) is 88.7 Å². The number of likely N-dealkylation sites (N-methyl/N-ethyl adjacent to an activating group) is 1. The van der Waals surface area contributed by atoms with Crippen molar-refractivity contribution in [1.29, 1.82) is 0 Å². The van der Waals surface area contributed by atoms with Crippen molar-refractivity contribution < 1.29 is 37.2 Å². The molecule has 0 aliphatic heterocycles. The van der Waals surface area contributed by atoms with Crippen LogP contribution < -0.4 is 16.0 Å². The number of carbonyl (C=O) groups is 1. The molecule has 1 amide bonds. The Hall–Kier alpha value is -4.84. The monoisotopic (exact) mass is 584 g/mol. The van der Waals surface area contributed by atoms with Crippen LogP contribution >= 0.6 is 0 Å². The van der Waals surface area contributed by atoms with Crippen LogP contribution in [-0.2, 0) is 32.1 Å². The van der Waals surface area contributed by atoms with E-state index in [1.165, 1.54) is 26.3 Å².